The fraction of sp³-hybridized carbons (Fsp3) is 0.300. The molecule has 1 fully saturated rings. The first kappa shape index (κ1) is 21.0. The minimum absolute atomic E-state index is 0. The highest BCUT2D eigenvalue weighted by atomic mass is 127. The van der Waals surface area contributed by atoms with E-state index in [2.05, 4.69) is 38.6 Å². The fourth-order valence-electron chi connectivity index (χ4n) is 3.49. The number of fused-ring (bicyclic) bond motifs is 1. The minimum Gasteiger partial charge on any atom is -0.352 e. The molecule has 3 heterocycles. The van der Waals surface area contributed by atoms with Gasteiger partial charge in [-0.25, -0.2) is 0 Å². The van der Waals surface area contributed by atoms with Gasteiger partial charge in [-0.1, -0.05) is 24.3 Å². The quantitative estimate of drug-likeness (QED) is 0.335. The maximum atomic E-state index is 12.6. The van der Waals surface area contributed by atoms with E-state index in [1.807, 2.05) is 30.3 Å². The lowest BCUT2D eigenvalue weighted by Gasteiger charge is -2.35. The maximum Gasteiger partial charge on any atom is 0.246 e. The van der Waals surface area contributed by atoms with E-state index < -0.39 is 0 Å². The third kappa shape index (κ3) is 4.50. The van der Waals surface area contributed by atoms with Crippen molar-refractivity contribution in [1.82, 2.24) is 25.0 Å². The van der Waals surface area contributed by atoms with Crippen LogP contribution in [0.2, 0.25) is 0 Å². The second kappa shape index (κ2) is 9.21. The Bertz CT molecular complexity index is 1030. The molecule has 0 saturated carbocycles. The Kier molecular flexibility index (Phi) is 6.68. The normalized spacial score (nSPS) is 14.8. The van der Waals surface area contributed by atoms with E-state index in [9.17, 15) is 4.79 Å². The summed E-state index contributed by atoms with van der Waals surface area (Å²) in [6, 6.07) is 10.1. The van der Waals surface area contributed by atoms with Gasteiger partial charge < -0.3 is 15.1 Å². The van der Waals surface area contributed by atoms with E-state index in [4.69, 9.17) is 0 Å². The van der Waals surface area contributed by atoms with Gasteiger partial charge >= 0.3 is 0 Å². The molecule has 1 aliphatic heterocycles. The molecule has 0 bridgehead atoms. The van der Waals surface area contributed by atoms with Gasteiger partial charge in [-0.2, -0.15) is 5.10 Å². The number of rotatable bonds is 3. The number of aliphatic imine (C=N–C) groups is 1. The summed E-state index contributed by atoms with van der Waals surface area (Å²) in [5.41, 5.74) is 2.90. The molecule has 0 atom stereocenters. The number of halogens is 1. The van der Waals surface area contributed by atoms with E-state index in [1.54, 1.807) is 29.0 Å². The molecule has 1 aromatic carbocycles. The summed E-state index contributed by atoms with van der Waals surface area (Å²) in [6.45, 7) is 2.18. The highest BCUT2D eigenvalue weighted by Gasteiger charge is 2.27. The summed E-state index contributed by atoms with van der Waals surface area (Å²) in [5, 5.41) is 8.64. The Morgan fingerprint density at radius 1 is 1.24 bits per heavy atom. The lowest BCUT2D eigenvalue weighted by atomic mass is 10.1. The number of nitrogens with zero attached hydrogens (tertiary/aromatic N) is 6. The zero-order valence-electron chi connectivity index (χ0n) is 16.4. The first-order chi connectivity index (χ1) is 13.7. The highest BCUT2D eigenvalue weighted by molar-refractivity contribution is 14.0. The first-order valence-electron chi connectivity index (χ1n) is 9.23. The minimum atomic E-state index is 0. The second-order valence-corrected chi connectivity index (χ2v) is 6.73. The Morgan fingerprint density at radius 3 is 2.79 bits per heavy atom. The van der Waals surface area contributed by atoms with Gasteiger partial charge in [0.1, 0.15) is 6.54 Å². The number of guanidine groups is 1. The summed E-state index contributed by atoms with van der Waals surface area (Å²) in [4.78, 5) is 25.2. The van der Waals surface area contributed by atoms with E-state index in [0.29, 0.717) is 25.6 Å². The number of carbonyl (C=O) groups excluding carboxylic acids is 1. The third-order valence-corrected chi connectivity index (χ3v) is 4.89. The smallest absolute Gasteiger partial charge is 0.246 e. The van der Waals surface area contributed by atoms with E-state index >= 15 is 0 Å². The molecule has 29 heavy (non-hydrogen) atoms. The Hall–Kier alpha value is -2.69. The molecule has 9 heteroatoms. The summed E-state index contributed by atoms with van der Waals surface area (Å²) in [7, 11) is 3.58. The van der Waals surface area contributed by atoms with Crippen LogP contribution < -0.4 is 10.2 Å². The lowest BCUT2D eigenvalue weighted by Crippen LogP contribution is -2.55. The van der Waals surface area contributed by atoms with Crippen LogP contribution in [-0.2, 0) is 18.4 Å². The maximum absolute atomic E-state index is 12.6. The monoisotopic (exact) mass is 505 g/mol. The van der Waals surface area contributed by atoms with Crippen LogP contribution in [0.1, 0.15) is 5.56 Å². The molecule has 0 unspecified atom stereocenters. The molecule has 4 rings (SSSR count). The van der Waals surface area contributed by atoms with Crippen molar-refractivity contribution in [3.63, 3.8) is 0 Å². The van der Waals surface area contributed by atoms with Gasteiger partial charge in [-0.05, 0) is 11.6 Å². The molecular weight excluding hydrogens is 481 g/mol. The number of nitrogens with one attached hydrogen (secondary N) is 1. The SMILES string of the molecule is CN=C(NCc1cccc2cccnc12)N1CCN(c2cnn(C)c2)C(=O)C1.I. The zero-order chi connectivity index (χ0) is 19.5. The molecule has 1 N–H and O–H groups in total. The number of benzene rings is 1. The number of hydrogen-bond acceptors (Lipinski definition) is 4. The number of amides is 1. The summed E-state index contributed by atoms with van der Waals surface area (Å²) in [6.07, 6.45) is 5.37. The van der Waals surface area contributed by atoms with Crippen molar-refractivity contribution in [3.8, 4) is 0 Å². The fourth-order valence-corrected chi connectivity index (χ4v) is 3.49. The summed E-state index contributed by atoms with van der Waals surface area (Å²) < 4.78 is 1.70. The van der Waals surface area contributed by atoms with Crippen molar-refractivity contribution in [2.24, 2.45) is 12.0 Å². The van der Waals surface area contributed by atoms with Gasteiger partial charge in [0.05, 0.1) is 17.4 Å². The molecule has 0 spiro atoms. The Labute approximate surface area is 186 Å². The van der Waals surface area contributed by atoms with E-state index in [1.165, 1.54) is 0 Å². The number of pyridine rings is 1. The number of anilines is 1. The van der Waals surface area contributed by atoms with Gasteiger partial charge in [-0.15, -0.1) is 24.0 Å². The van der Waals surface area contributed by atoms with Crippen LogP contribution in [0.25, 0.3) is 10.9 Å². The van der Waals surface area contributed by atoms with Crippen LogP contribution in [0, 0.1) is 0 Å². The van der Waals surface area contributed by atoms with E-state index in [-0.39, 0.29) is 36.4 Å². The number of piperazine rings is 1. The molecule has 8 nitrogen and oxygen atoms in total. The Balaban J connectivity index is 0.00000240. The number of hydrogen-bond donors (Lipinski definition) is 1. The van der Waals surface area contributed by atoms with Crippen LogP contribution in [0.5, 0.6) is 0 Å². The molecule has 2 aromatic heterocycles. The van der Waals surface area contributed by atoms with Crippen molar-refractivity contribution in [3.05, 3.63) is 54.5 Å². The topological polar surface area (TPSA) is 78.7 Å². The van der Waals surface area contributed by atoms with Crippen LogP contribution in [-0.4, -0.2) is 58.2 Å². The molecular formula is C20H24IN7O. The van der Waals surface area contributed by atoms with Crippen LogP contribution >= 0.6 is 24.0 Å². The predicted octanol–water partition coefficient (Wildman–Crippen LogP) is 2.01. The third-order valence-electron chi connectivity index (χ3n) is 4.89. The molecule has 1 saturated heterocycles. The standard InChI is InChI=1S/C20H23N7O.HI/c1-21-20(23-11-16-6-3-5-15-7-4-8-22-19(15)16)26-9-10-27(18(28)14-26)17-12-24-25(2)13-17;/h3-8,12-13H,9-11,14H2,1-2H3,(H,21,23);1H. The van der Waals surface area contributed by atoms with Crippen molar-refractivity contribution in [2.75, 3.05) is 31.6 Å². The highest BCUT2D eigenvalue weighted by Crippen LogP contribution is 2.17. The van der Waals surface area contributed by atoms with Gasteiger partial charge in [0.2, 0.25) is 5.91 Å². The van der Waals surface area contributed by atoms with Gasteiger partial charge in [0, 0.05) is 51.5 Å². The molecule has 0 aliphatic carbocycles. The van der Waals surface area contributed by atoms with Crippen molar-refractivity contribution < 1.29 is 4.79 Å². The first-order valence-corrected chi connectivity index (χ1v) is 9.23. The van der Waals surface area contributed by atoms with Crippen molar-refractivity contribution in [2.45, 2.75) is 6.54 Å². The summed E-state index contributed by atoms with van der Waals surface area (Å²) in [5.74, 6) is 0.751. The zero-order valence-corrected chi connectivity index (χ0v) is 18.8. The molecule has 1 amide bonds. The second-order valence-electron chi connectivity index (χ2n) is 6.73. The van der Waals surface area contributed by atoms with Gasteiger partial charge in [0.25, 0.3) is 0 Å². The number of para-hydroxylation sites is 1. The Morgan fingerprint density at radius 2 is 2.07 bits per heavy atom. The number of carbonyl (C=O) groups is 1. The average molecular weight is 505 g/mol. The van der Waals surface area contributed by atoms with Crippen LogP contribution in [0.3, 0.4) is 0 Å². The number of aromatic nitrogens is 3. The predicted molar refractivity (Wildman–Crippen MR) is 124 cm³/mol. The van der Waals surface area contributed by atoms with Gasteiger partial charge in [0.15, 0.2) is 5.96 Å². The molecule has 1 aliphatic rings. The molecule has 152 valence electrons. The molecule has 3 aromatic rings. The van der Waals surface area contributed by atoms with Crippen molar-refractivity contribution in [1.29, 1.82) is 0 Å². The van der Waals surface area contributed by atoms with Crippen LogP contribution in [0.15, 0.2) is 53.9 Å². The van der Waals surface area contributed by atoms with Gasteiger partial charge in [-0.3, -0.25) is 19.5 Å². The average Bonchev–Trinajstić information content (AvgIpc) is 3.14. The number of aryl methyl sites for hydroxylation is 1. The largest absolute Gasteiger partial charge is 0.352 e. The molecule has 0 radical (unpaired) electrons. The van der Waals surface area contributed by atoms with Crippen LogP contribution in [0.4, 0.5) is 5.69 Å². The lowest BCUT2D eigenvalue weighted by molar-refractivity contribution is -0.120. The van der Waals surface area contributed by atoms with Crippen molar-refractivity contribution >= 4 is 52.4 Å². The summed E-state index contributed by atoms with van der Waals surface area (Å²) >= 11 is 0. The van der Waals surface area contributed by atoms with E-state index in [0.717, 1.165) is 22.2 Å².